The molecule has 4 nitrogen and oxygen atoms in total. The number of para-hydroxylation sites is 2. The van der Waals surface area contributed by atoms with E-state index in [4.69, 9.17) is 14.4 Å². The predicted octanol–water partition coefficient (Wildman–Crippen LogP) is 13.8. The van der Waals surface area contributed by atoms with E-state index < -0.39 is 0 Å². The first-order chi connectivity index (χ1) is 27.7. The van der Waals surface area contributed by atoms with Gasteiger partial charge in [0.1, 0.15) is 11.2 Å². The van der Waals surface area contributed by atoms with Crippen molar-refractivity contribution in [3.05, 3.63) is 200 Å². The average molecular weight is 716 g/mol. The van der Waals surface area contributed by atoms with E-state index in [-0.39, 0.29) is 0 Å². The lowest BCUT2D eigenvalue weighted by atomic mass is 10.00. The van der Waals surface area contributed by atoms with Crippen LogP contribution in [0.2, 0.25) is 0 Å². The second-order valence-corrected chi connectivity index (χ2v) is 14.2. The molecular weight excluding hydrogens is 683 g/mol. The fourth-order valence-electron chi connectivity index (χ4n) is 8.11. The van der Waals surface area contributed by atoms with E-state index in [1.165, 1.54) is 27.4 Å². The Labute approximate surface area is 323 Å². The zero-order valence-corrected chi connectivity index (χ0v) is 30.3. The predicted molar refractivity (Wildman–Crippen MR) is 231 cm³/mol. The summed E-state index contributed by atoms with van der Waals surface area (Å²) in [6, 6.07) is 70.2. The van der Waals surface area contributed by atoms with Crippen LogP contribution in [0.5, 0.6) is 0 Å². The number of fused-ring (bicyclic) bond motifs is 6. The third-order valence-corrected chi connectivity index (χ3v) is 10.8. The van der Waals surface area contributed by atoms with Gasteiger partial charge in [0.2, 0.25) is 0 Å². The highest BCUT2D eigenvalue weighted by Crippen LogP contribution is 2.41. The van der Waals surface area contributed by atoms with Crippen molar-refractivity contribution in [2.75, 3.05) is 0 Å². The lowest BCUT2D eigenvalue weighted by Crippen LogP contribution is -1.95. The van der Waals surface area contributed by atoms with Crippen LogP contribution in [0.4, 0.5) is 0 Å². The van der Waals surface area contributed by atoms with Gasteiger partial charge in [0.15, 0.2) is 5.82 Å². The number of aromatic nitrogens is 3. The van der Waals surface area contributed by atoms with Gasteiger partial charge in [-0.3, -0.25) is 0 Å². The third-order valence-electron chi connectivity index (χ3n) is 10.8. The molecule has 4 heteroatoms. The van der Waals surface area contributed by atoms with Gasteiger partial charge in [-0.25, -0.2) is 9.97 Å². The quantitative estimate of drug-likeness (QED) is 0.172. The minimum atomic E-state index is 0.655. The number of benzene rings is 8. The van der Waals surface area contributed by atoms with Crippen LogP contribution < -0.4 is 0 Å². The van der Waals surface area contributed by atoms with E-state index in [0.717, 1.165) is 72.3 Å². The van der Waals surface area contributed by atoms with Gasteiger partial charge in [-0.05, 0) is 59.2 Å². The minimum absolute atomic E-state index is 0.655. The first-order valence-corrected chi connectivity index (χ1v) is 18.9. The van der Waals surface area contributed by atoms with Crippen LogP contribution in [0.1, 0.15) is 0 Å². The topological polar surface area (TPSA) is 43.9 Å². The first kappa shape index (κ1) is 31.9. The molecule has 3 aromatic heterocycles. The van der Waals surface area contributed by atoms with Gasteiger partial charge < -0.3 is 8.98 Å². The molecule has 11 rings (SSSR count). The summed E-state index contributed by atoms with van der Waals surface area (Å²) in [7, 11) is 0. The van der Waals surface area contributed by atoms with Crippen LogP contribution in [0.15, 0.2) is 205 Å². The zero-order valence-electron chi connectivity index (χ0n) is 30.3. The Morgan fingerprint density at radius 1 is 0.357 bits per heavy atom. The molecule has 0 saturated heterocycles. The van der Waals surface area contributed by atoms with E-state index in [1.807, 2.05) is 36.4 Å². The van der Waals surface area contributed by atoms with Crippen LogP contribution in [0, 0.1) is 0 Å². The molecule has 56 heavy (non-hydrogen) atoms. The summed E-state index contributed by atoms with van der Waals surface area (Å²) < 4.78 is 9.21. The Balaban J connectivity index is 1.06. The molecule has 8 aromatic carbocycles. The summed E-state index contributed by atoms with van der Waals surface area (Å²) >= 11 is 0. The number of hydrogen-bond acceptors (Lipinski definition) is 3. The molecule has 0 radical (unpaired) electrons. The fraction of sp³-hybridized carbons (Fsp3) is 0. The molecule has 3 heterocycles. The highest BCUT2D eigenvalue weighted by Gasteiger charge is 2.18. The van der Waals surface area contributed by atoms with Crippen LogP contribution in [-0.2, 0) is 0 Å². The maximum absolute atomic E-state index is 6.82. The largest absolute Gasteiger partial charge is 0.455 e. The van der Waals surface area contributed by atoms with E-state index in [0.29, 0.717) is 5.82 Å². The molecule has 0 amide bonds. The van der Waals surface area contributed by atoms with Crippen LogP contribution >= 0.6 is 0 Å². The van der Waals surface area contributed by atoms with Crippen molar-refractivity contribution < 1.29 is 4.42 Å². The Morgan fingerprint density at radius 3 is 1.54 bits per heavy atom. The van der Waals surface area contributed by atoms with Gasteiger partial charge in [0.05, 0.1) is 22.4 Å². The van der Waals surface area contributed by atoms with Crippen LogP contribution in [-0.4, -0.2) is 14.5 Å². The molecule has 262 valence electrons. The van der Waals surface area contributed by atoms with Crippen molar-refractivity contribution in [1.29, 1.82) is 0 Å². The Morgan fingerprint density at radius 2 is 0.893 bits per heavy atom. The summed E-state index contributed by atoms with van der Waals surface area (Å²) in [5, 5.41) is 4.56. The maximum Gasteiger partial charge on any atom is 0.160 e. The molecule has 0 saturated carbocycles. The normalized spacial score (nSPS) is 11.6. The smallest absolute Gasteiger partial charge is 0.160 e. The highest BCUT2D eigenvalue weighted by atomic mass is 16.3. The second kappa shape index (κ2) is 13.1. The molecule has 0 aliphatic heterocycles. The molecule has 0 aliphatic rings. The van der Waals surface area contributed by atoms with Crippen molar-refractivity contribution in [2.24, 2.45) is 0 Å². The molecular formula is C52H33N3O. The van der Waals surface area contributed by atoms with Gasteiger partial charge in [-0.1, -0.05) is 158 Å². The lowest BCUT2D eigenvalue weighted by Gasteiger charge is -2.10. The number of furan rings is 1. The van der Waals surface area contributed by atoms with Crippen molar-refractivity contribution in [1.82, 2.24) is 14.5 Å². The Kier molecular flexibility index (Phi) is 7.46. The van der Waals surface area contributed by atoms with Gasteiger partial charge in [0.25, 0.3) is 0 Å². The van der Waals surface area contributed by atoms with Gasteiger partial charge in [-0.15, -0.1) is 0 Å². The van der Waals surface area contributed by atoms with Crippen molar-refractivity contribution in [3.8, 4) is 61.8 Å². The monoisotopic (exact) mass is 715 g/mol. The molecule has 0 unspecified atom stereocenters. The summed E-state index contributed by atoms with van der Waals surface area (Å²) in [5.41, 5.74) is 14.4. The molecule has 0 atom stereocenters. The highest BCUT2D eigenvalue weighted by molar-refractivity contribution is 6.13. The van der Waals surface area contributed by atoms with E-state index in [2.05, 4.69) is 168 Å². The standard InChI is InChI=1S/C52H33N3O/c1-5-14-34(15-6-1)37-24-27-42-43-28-25-38(31-49(43)55(48(42)30-37)40-20-11-4-12-21-40)41-22-13-23-45-44-29-26-39(32-50(44)56-51(41)45)52-53-46(35-16-7-2-8-17-35)33-47(54-52)36-18-9-3-10-19-36/h1-33H. The summed E-state index contributed by atoms with van der Waals surface area (Å²) in [5.74, 6) is 0.655. The second-order valence-electron chi connectivity index (χ2n) is 14.2. The minimum Gasteiger partial charge on any atom is -0.455 e. The summed E-state index contributed by atoms with van der Waals surface area (Å²) in [6.45, 7) is 0. The van der Waals surface area contributed by atoms with E-state index >= 15 is 0 Å². The average Bonchev–Trinajstić information content (AvgIpc) is 3.82. The van der Waals surface area contributed by atoms with Gasteiger partial charge in [0, 0.05) is 49.5 Å². The third kappa shape index (κ3) is 5.39. The molecule has 11 aromatic rings. The molecule has 0 N–H and O–H groups in total. The SMILES string of the molecule is c1ccc(-c2ccc3c4ccc(-c5cccc6c5oc5cc(-c7nc(-c8ccccc8)cc(-c8ccccc8)n7)ccc56)cc4n(-c4ccccc4)c3c2)cc1. The fourth-order valence-corrected chi connectivity index (χ4v) is 8.11. The summed E-state index contributed by atoms with van der Waals surface area (Å²) in [4.78, 5) is 10.1. The zero-order chi connectivity index (χ0) is 37.0. The van der Waals surface area contributed by atoms with E-state index in [9.17, 15) is 0 Å². The molecule has 0 spiro atoms. The van der Waals surface area contributed by atoms with Crippen LogP contribution in [0.25, 0.3) is 106 Å². The number of nitrogens with zero attached hydrogens (tertiary/aromatic N) is 3. The number of rotatable bonds is 6. The van der Waals surface area contributed by atoms with Crippen molar-refractivity contribution in [2.45, 2.75) is 0 Å². The van der Waals surface area contributed by atoms with Crippen molar-refractivity contribution in [3.63, 3.8) is 0 Å². The van der Waals surface area contributed by atoms with Gasteiger partial charge >= 0.3 is 0 Å². The molecule has 0 aliphatic carbocycles. The van der Waals surface area contributed by atoms with Gasteiger partial charge in [-0.2, -0.15) is 0 Å². The summed E-state index contributed by atoms with van der Waals surface area (Å²) in [6.07, 6.45) is 0. The first-order valence-electron chi connectivity index (χ1n) is 18.9. The maximum atomic E-state index is 6.82. The lowest BCUT2D eigenvalue weighted by molar-refractivity contribution is 0.670. The molecule has 0 fully saturated rings. The Hall–Kier alpha value is -7.56. The molecule has 0 bridgehead atoms. The number of hydrogen-bond donors (Lipinski definition) is 0. The van der Waals surface area contributed by atoms with Crippen molar-refractivity contribution >= 4 is 43.7 Å². The van der Waals surface area contributed by atoms with Crippen LogP contribution in [0.3, 0.4) is 0 Å². The van der Waals surface area contributed by atoms with E-state index in [1.54, 1.807) is 0 Å². The Bertz CT molecular complexity index is 3160.